The Hall–Kier alpha value is -3.12. The fourth-order valence-electron chi connectivity index (χ4n) is 5.70. The second-order valence-electron chi connectivity index (χ2n) is 10.0. The number of aromatic nitrogens is 1. The van der Waals surface area contributed by atoms with E-state index in [0.717, 1.165) is 47.8 Å². The average Bonchev–Trinajstić information content (AvgIpc) is 3.27. The number of carbonyl (C=O) groups is 1. The third kappa shape index (κ3) is 4.86. The van der Waals surface area contributed by atoms with Crippen molar-refractivity contribution >= 4 is 27.8 Å². The molecule has 0 aliphatic heterocycles. The van der Waals surface area contributed by atoms with Crippen LogP contribution in [0, 0.1) is 13.8 Å². The van der Waals surface area contributed by atoms with Crippen molar-refractivity contribution in [2.45, 2.75) is 51.6 Å². The average molecular weight is 514 g/mol. The molecule has 6 rings (SSSR count). The molecule has 2 atom stereocenters. The topological polar surface area (TPSA) is 75.4 Å². The minimum absolute atomic E-state index is 0. The predicted octanol–water partition coefficient (Wildman–Crippen LogP) is 3.74. The van der Waals surface area contributed by atoms with Crippen LogP contribution < -0.4 is 39.4 Å². The normalized spacial score (nSPS) is 17.3. The van der Waals surface area contributed by atoms with E-state index in [4.69, 9.17) is 14.1 Å². The molecule has 0 radical (unpaired) electrons. The number of benzene rings is 3. The van der Waals surface area contributed by atoms with Gasteiger partial charge in [0.25, 0.3) is 0 Å². The van der Waals surface area contributed by atoms with E-state index in [1.165, 1.54) is 5.56 Å². The van der Waals surface area contributed by atoms with Gasteiger partial charge in [0, 0.05) is 16.5 Å². The Morgan fingerprint density at radius 2 is 1.76 bits per heavy atom. The van der Waals surface area contributed by atoms with Crippen LogP contribution in [0.15, 0.2) is 77.2 Å². The molecule has 5 aromatic rings. The number of hydrogen-bond donors (Lipinski definition) is 0. The van der Waals surface area contributed by atoms with Gasteiger partial charge in [-0.1, -0.05) is 54.6 Å². The third-order valence-corrected chi connectivity index (χ3v) is 7.61. The molecule has 0 amide bonds. The van der Waals surface area contributed by atoms with Gasteiger partial charge in [-0.05, 0) is 74.8 Å². The summed E-state index contributed by atoms with van der Waals surface area (Å²) in [5.74, 6) is 0.273. The Morgan fingerprint density at radius 1 is 1.00 bits per heavy atom. The maximum absolute atomic E-state index is 12.4. The molecule has 0 unspecified atom stereocenters. The van der Waals surface area contributed by atoms with Crippen molar-refractivity contribution in [3.63, 3.8) is 0 Å². The Bertz CT molecular complexity index is 1630. The third-order valence-electron chi connectivity index (χ3n) is 7.61. The fraction of sp³-hybridized carbons (Fsp3) is 0.250. The van der Waals surface area contributed by atoms with Gasteiger partial charge in [0.1, 0.15) is 17.0 Å². The molecule has 5 nitrogen and oxygen atoms in total. The number of carboxylic acids is 1. The summed E-state index contributed by atoms with van der Waals surface area (Å²) in [7, 11) is 0. The van der Waals surface area contributed by atoms with Crippen LogP contribution in [0.5, 0.6) is 5.75 Å². The first kappa shape index (κ1) is 26.5. The second-order valence-corrected chi connectivity index (χ2v) is 10.0. The van der Waals surface area contributed by atoms with E-state index in [1.807, 2.05) is 56.3 Å². The van der Waals surface area contributed by atoms with Crippen LogP contribution in [-0.2, 0) is 0 Å². The summed E-state index contributed by atoms with van der Waals surface area (Å²) in [6.45, 7) is 3.89. The van der Waals surface area contributed by atoms with Crippen LogP contribution >= 0.6 is 0 Å². The summed E-state index contributed by atoms with van der Waals surface area (Å²) in [5.41, 5.74) is 4.98. The molecular formula is C32H28NNaO4. The number of pyridine rings is 1. The van der Waals surface area contributed by atoms with E-state index in [9.17, 15) is 9.90 Å². The zero-order chi connectivity index (χ0) is 25.5. The largest absolute Gasteiger partial charge is 1.00 e. The smallest absolute Gasteiger partial charge is 0.545 e. The first-order chi connectivity index (χ1) is 18.0. The Labute approximate surface area is 244 Å². The molecule has 3 aromatic carbocycles. The van der Waals surface area contributed by atoms with Crippen LogP contribution in [0.4, 0.5) is 0 Å². The van der Waals surface area contributed by atoms with Gasteiger partial charge in [0.2, 0.25) is 0 Å². The molecule has 2 aromatic heterocycles. The first-order valence-corrected chi connectivity index (χ1v) is 12.9. The molecule has 2 heterocycles. The van der Waals surface area contributed by atoms with Crippen LogP contribution in [0.3, 0.4) is 0 Å². The van der Waals surface area contributed by atoms with E-state index in [0.29, 0.717) is 34.0 Å². The number of carbonyl (C=O) groups excluding carboxylic acids is 1. The van der Waals surface area contributed by atoms with Crippen LogP contribution in [0.1, 0.15) is 58.6 Å². The summed E-state index contributed by atoms with van der Waals surface area (Å²) in [6, 6.07) is 23.7. The number of fused-ring (bicyclic) bond motifs is 2. The number of nitrogens with zero attached hydrogens (tertiary/aromatic N) is 1. The fourth-order valence-corrected chi connectivity index (χ4v) is 5.70. The zero-order valence-electron chi connectivity index (χ0n) is 22.0. The molecular weight excluding hydrogens is 485 g/mol. The Morgan fingerprint density at radius 3 is 2.53 bits per heavy atom. The number of furan rings is 1. The molecule has 1 saturated carbocycles. The number of aryl methyl sites for hydroxylation is 2. The van der Waals surface area contributed by atoms with Crippen molar-refractivity contribution in [2.75, 3.05) is 0 Å². The first-order valence-electron chi connectivity index (χ1n) is 12.9. The van der Waals surface area contributed by atoms with E-state index in [-0.39, 0.29) is 41.2 Å². The SMILES string of the molecule is Cc1c(-c2cc(C(=O)[O-])c3c(O[C@@H]4CCC[C@@H](c5ccccc5)C4)ccc(C)c3n2)oc2ccccc12.[Na+]. The summed E-state index contributed by atoms with van der Waals surface area (Å²) >= 11 is 0. The molecule has 0 spiro atoms. The molecule has 0 saturated heterocycles. The van der Waals surface area contributed by atoms with Gasteiger partial charge < -0.3 is 19.1 Å². The van der Waals surface area contributed by atoms with Gasteiger partial charge in [-0.15, -0.1) is 0 Å². The molecule has 1 aliphatic carbocycles. The molecule has 1 fully saturated rings. The van der Waals surface area contributed by atoms with E-state index in [1.54, 1.807) is 6.07 Å². The summed E-state index contributed by atoms with van der Waals surface area (Å²) in [4.78, 5) is 17.3. The number of rotatable bonds is 5. The van der Waals surface area contributed by atoms with Gasteiger partial charge in [-0.25, -0.2) is 4.98 Å². The van der Waals surface area contributed by atoms with Gasteiger partial charge in [0.05, 0.1) is 23.0 Å². The van der Waals surface area contributed by atoms with Crippen LogP contribution in [-0.4, -0.2) is 17.1 Å². The summed E-state index contributed by atoms with van der Waals surface area (Å²) in [5, 5.41) is 13.9. The summed E-state index contributed by atoms with van der Waals surface area (Å²) < 4.78 is 12.6. The van der Waals surface area contributed by atoms with Crippen LogP contribution in [0.25, 0.3) is 33.3 Å². The van der Waals surface area contributed by atoms with Crippen molar-refractivity contribution in [2.24, 2.45) is 0 Å². The number of ether oxygens (including phenoxy) is 1. The van der Waals surface area contributed by atoms with Crippen molar-refractivity contribution in [1.82, 2.24) is 4.98 Å². The van der Waals surface area contributed by atoms with Crippen molar-refractivity contribution in [3.05, 3.63) is 95.1 Å². The standard InChI is InChI=1S/C32H29NO4.Na/c1-19-15-16-28(36-23-12-8-11-22(17-23)21-9-4-3-5-10-21)29-25(32(34)35)18-26(33-30(19)29)31-20(2)24-13-6-7-14-27(24)37-31;/h3-7,9-10,13-16,18,22-23H,8,11-12,17H2,1-2H3,(H,34,35);/q;+1/p-1/t22-,23-;/m1./s1. The Balaban J connectivity index is 0.00000294. The number of hydrogen-bond acceptors (Lipinski definition) is 5. The monoisotopic (exact) mass is 513 g/mol. The molecule has 1 aliphatic rings. The van der Waals surface area contributed by atoms with Gasteiger partial charge in [-0.2, -0.15) is 0 Å². The zero-order valence-corrected chi connectivity index (χ0v) is 24.0. The number of aromatic carboxylic acids is 1. The minimum Gasteiger partial charge on any atom is -0.545 e. The maximum atomic E-state index is 12.4. The molecule has 0 bridgehead atoms. The van der Waals surface area contributed by atoms with Gasteiger partial charge in [0.15, 0.2) is 5.76 Å². The van der Waals surface area contributed by atoms with Crippen LogP contribution in [0.2, 0.25) is 0 Å². The molecule has 6 heteroatoms. The molecule has 38 heavy (non-hydrogen) atoms. The number of carboxylic acid groups (broad SMARTS) is 1. The second kappa shape index (κ2) is 10.9. The summed E-state index contributed by atoms with van der Waals surface area (Å²) in [6.07, 6.45) is 4.02. The van der Waals surface area contributed by atoms with Gasteiger partial charge >= 0.3 is 29.6 Å². The van der Waals surface area contributed by atoms with E-state index < -0.39 is 5.97 Å². The van der Waals surface area contributed by atoms with E-state index in [2.05, 4.69) is 24.3 Å². The predicted molar refractivity (Wildman–Crippen MR) is 143 cm³/mol. The number of para-hydroxylation sites is 1. The van der Waals surface area contributed by atoms with Crippen molar-refractivity contribution in [1.29, 1.82) is 0 Å². The van der Waals surface area contributed by atoms with Crippen molar-refractivity contribution in [3.8, 4) is 17.2 Å². The van der Waals surface area contributed by atoms with Gasteiger partial charge in [-0.3, -0.25) is 0 Å². The maximum Gasteiger partial charge on any atom is 1.00 e. The van der Waals surface area contributed by atoms with E-state index >= 15 is 0 Å². The molecule has 186 valence electrons. The van der Waals surface area contributed by atoms with Crippen molar-refractivity contribution < 1.29 is 48.6 Å². The Kier molecular flexibility index (Phi) is 7.62. The molecule has 0 N–H and O–H groups in total. The minimum atomic E-state index is -1.26. The quantitative estimate of drug-likeness (QED) is 0.335.